The molecule has 0 saturated carbocycles. The Morgan fingerprint density at radius 3 is 2.29 bits per heavy atom. The van der Waals surface area contributed by atoms with Gasteiger partial charge in [-0.1, -0.05) is 50.3 Å². The minimum atomic E-state index is -0.879. The number of amides is 2. The number of nitrogens with one attached hydrogen (secondary N) is 2. The molecule has 0 spiro atoms. The number of carbonyl (C=O) groups is 3. The molecule has 2 amide bonds. The molecule has 1 rings (SSSR count). The zero-order chi connectivity index (χ0) is 21.1. The van der Waals surface area contributed by atoms with E-state index in [1.807, 2.05) is 44.2 Å². The molecular formula is C21H30N2O5. The maximum absolute atomic E-state index is 13.0. The van der Waals surface area contributed by atoms with Gasteiger partial charge >= 0.3 is 5.97 Å². The van der Waals surface area contributed by atoms with Gasteiger partial charge in [0, 0.05) is 6.42 Å². The second-order valence-corrected chi connectivity index (χ2v) is 7.12. The Morgan fingerprint density at radius 2 is 1.79 bits per heavy atom. The first-order valence-electron chi connectivity index (χ1n) is 9.30. The highest BCUT2D eigenvalue weighted by Crippen LogP contribution is 2.25. The number of hydroxylamine groups is 1. The van der Waals surface area contributed by atoms with Crippen LogP contribution in [-0.4, -0.2) is 36.1 Å². The number of allylic oxidation sites excluding steroid dienone is 1. The van der Waals surface area contributed by atoms with Crippen molar-refractivity contribution in [3.63, 3.8) is 0 Å². The molecule has 28 heavy (non-hydrogen) atoms. The first kappa shape index (κ1) is 23.4. The van der Waals surface area contributed by atoms with Gasteiger partial charge in [0.2, 0.25) is 11.8 Å². The van der Waals surface area contributed by atoms with Crippen molar-refractivity contribution >= 4 is 17.8 Å². The fourth-order valence-corrected chi connectivity index (χ4v) is 3.14. The molecule has 3 N–H and O–H groups in total. The summed E-state index contributed by atoms with van der Waals surface area (Å²) in [7, 11) is 1.26. The maximum Gasteiger partial charge on any atom is 0.328 e. The Balaban J connectivity index is 3.07. The van der Waals surface area contributed by atoms with Crippen molar-refractivity contribution in [3.8, 4) is 0 Å². The van der Waals surface area contributed by atoms with E-state index in [4.69, 9.17) is 9.94 Å². The van der Waals surface area contributed by atoms with E-state index in [1.165, 1.54) is 13.2 Å². The van der Waals surface area contributed by atoms with Crippen molar-refractivity contribution in [2.45, 2.75) is 39.2 Å². The van der Waals surface area contributed by atoms with E-state index in [2.05, 4.69) is 11.9 Å². The average molecular weight is 390 g/mol. The van der Waals surface area contributed by atoms with Crippen LogP contribution in [0.25, 0.3) is 0 Å². The second kappa shape index (κ2) is 11.9. The largest absolute Gasteiger partial charge is 0.467 e. The number of ether oxygens (including phenoxy) is 1. The third-order valence-corrected chi connectivity index (χ3v) is 4.50. The van der Waals surface area contributed by atoms with Gasteiger partial charge < -0.3 is 10.1 Å². The Labute approximate surface area is 166 Å². The summed E-state index contributed by atoms with van der Waals surface area (Å²) in [5.41, 5.74) is 2.50. The van der Waals surface area contributed by atoms with Gasteiger partial charge in [0.05, 0.1) is 18.9 Å². The SMILES string of the molecule is C=CCC(C(=O)NO)C(CC(C)C)C(=O)NC(Cc1ccccc1)C(=O)OC. The third-order valence-electron chi connectivity index (χ3n) is 4.50. The summed E-state index contributed by atoms with van der Waals surface area (Å²) in [6, 6.07) is 8.38. The van der Waals surface area contributed by atoms with Crippen LogP contribution in [0.15, 0.2) is 43.0 Å². The van der Waals surface area contributed by atoms with Crippen LogP contribution in [-0.2, 0) is 25.5 Å². The predicted octanol–water partition coefficient (Wildman–Crippen LogP) is 2.25. The first-order chi connectivity index (χ1) is 13.3. The van der Waals surface area contributed by atoms with Crippen LogP contribution in [0, 0.1) is 17.8 Å². The van der Waals surface area contributed by atoms with Crippen LogP contribution in [0.2, 0.25) is 0 Å². The van der Waals surface area contributed by atoms with Gasteiger partial charge in [-0.2, -0.15) is 0 Å². The molecule has 154 valence electrons. The quantitative estimate of drug-likeness (QED) is 0.233. The molecule has 0 aliphatic rings. The summed E-state index contributed by atoms with van der Waals surface area (Å²) in [5, 5.41) is 11.8. The minimum absolute atomic E-state index is 0.125. The molecular weight excluding hydrogens is 360 g/mol. The van der Waals surface area contributed by atoms with Gasteiger partial charge in [-0.15, -0.1) is 6.58 Å². The zero-order valence-electron chi connectivity index (χ0n) is 16.7. The standard InChI is InChI=1S/C21H30N2O5/c1-5-9-16(20(25)23-27)17(12-14(2)3)19(24)22-18(21(26)28-4)13-15-10-7-6-8-11-15/h5-8,10-11,14,16-18,27H,1,9,12-13H2,2-4H3,(H,22,24)(H,23,25). The van der Waals surface area contributed by atoms with E-state index >= 15 is 0 Å². The van der Waals surface area contributed by atoms with Gasteiger partial charge in [0.1, 0.15) is 6.04 Å². The normalized spacial score (nSPS) is 13.9. The molecule has 7 nitrogen and oxygen atoms in total. The van der Waals surface area contributed by atoms with Crippen LogP contribution in [0.3, 0.4) is 0 Å². The van der Waals surface area contributed by atoms with Crippen molar-refractivity contribution in [1.29, 1.82) is 0 Å². The highest BCUT2D eigenvalue weighted by atomic mass is 16.5. The van der Waals surface area contributed by atoms with Crippen LogP contribution < -0.4 is 10.8 Å². The van der Waals surface area contributed by atoms with Gasteiger partial charge in [-0.25, -0.2) is 10.3 Å². The Hall–Kier alpha value is -2.67. The van der Waals surface area contributed by atoms with E-state index in [0.29, 0.717) is 6.42 Å². The predicted molar refractivity (Wildman–Crippen MR) is 105 cm³/mol. The number of hydrogen-bond donors (Lipinski definition) is 3. The summed E-state index contributed by atoms with van der Waals surface area (Å²) < 4.78 is 4.83. The monoisotopic (exact) mass is 390 g/mol. The number of methoxy groups -OCH3 is 1. The van der Waals surface area contributed by atoms with Crippen LogP contribution in [0.5, 0.6) is 0 Å². The summed E-state index contributed by atoms with van der Waals surface area (Å²) in [5.74, 6) is -3.05. The first-order valence-corrected chi connectivity index (χ1v) is 9.30. The average Bonchev–Trinajstić information content (AvgIpc) is 2.69. The summed E-state index contributed by atoms with van der Waals surface area (Å²) >= 11 is 0. The smallest absolute Gasteiger partial charge is 0.328 e. The number of carbonyl (C=O) groups excluding carboxylic acids is 3. The fourth-order valence-electron chi connectivity index (χ4n) is 3.14. The highest BCUT2D eigenvalue weighted by Gasteiger charge is 2.35. The molecule has 0 fully saturated rings. The fraction of sp³-hybridized carbons (Fsp3) is 0.476. The minimum Gasteiger partial charge on any atom is -0.467 e. The molecule has 0 bridgehead atoms. The van der Waals surface area contributed by atoms with E-state index < -0.39 is 35.7 Å². The molecule has 7 heteroatoms. The third kappa shape index (κ3) is 7.15. The molecule has 1 aromatic carbocycles. The summed E-state index contributed by atoms with van der Waals surface area (Å²) in [6.07, 6.45) is 2.43. The lowest BCUT2D eigenvalue weighted by molar-refractivity contribution is -0.147. The molecule has 0 heterocycles. The van der Waals surface area contributed by atoms with E-state index in [9.17, 15) is 14.4 Å². The number of esters is 1. The maximum atomic E-state index is 13.0. The highest BCUT2D eigenvalue weighted by molar-refractivity contribution is 5.90. The van der Waals surface area contributed by atoms with Crippen LogP contribution in [0.4, 0.5) is 0 Å². The molecule has 0 aliphatic carbocycles. The van der Waals surface area contributed by atoms with Crippen molar-refractivity contribution < 1.29 is 24.3 Å². The van der Waals surface area contributed by atoms with Crippen LogP contribution in [0.1, 0.15) is 32.3 Å². The number of rotatable bonds is 11. The zero-order valence-corrected chi connectivity index (χ0v) is 16.7. The Bertz CT molecular complexity index is 660. The van der Waals surface area contributed by atoms with Gasteiger partial charge in [-0.05, 0) is 24.3 Å². The second-order valence-electron chi connectivity index (χ2n) is 7.12. The lowest BCUT2D eigenvalue weighted by atomic mass is 9.82. The van der Waals surface area contributed by atoms with E-state index in [1.54, 1.807) is 5.48 Å². The molecule has 3 unspecified atom stereocenters. The molecule has 1 aromatic rings. The van der Waals surface area contributed by atoms with Gasteiger partial charge in [0.25, 0.3) is 0 Å². The van der Waals surface area contributed by atoms with Crippen molar-refractivity contribution in [1.82, 2.24) is 10.8 Å². The van der Waals surface area contributed by atoms with Crippen molar-refractivity contribution in [2.24, 2.45) is 17.8 Å². The van der Waals surface area contributed by atoms with Crippen LogP contribution >= 0.6 is 0 Å². The van der Waals surface area contributed by atoms with Gasteiger partial charge in [-0.3, -0.25) is 14.8 Å². The number of benzene rings is 1. The lowest BCUT2D eigenvalue weighted by Crippen LogP contribution is -2.49. The lowest BCUT2D eigenvalue weighted by Gasteiger charge is -2.27. The molecule has 0 radical (unpaired) electrons. The van der Waals surface area contributed by atoms with E-state index in [-0.39, 0.29) is 18.8 Å². The molecule has 0 aliphatic heterocycles. The summed E-state index contributed by atoms with van der Waals surface area (Å²) in [6.45, 7) is 7.50. The van der Waals surface area contributed by atoms with Crippen molar-refractivity contribution in [3.05, 3.63) is 48.6 Å². The Kier molecular flexibility index (Phi) is 9.95. The van der Waals surface area contributed by atoms with Gasteiger partial charge in [0.15, 0.2) is 0 Å². The molecule has 3 atom stereocenters. The summed E-state index contributed by atoms with van der Waals surface area (Å²) in [4.78, 5) is 37.3. The van der Waals surface area contributed by atoms with Crippen molar-refractivity contribution in [2.75, 3.05) is 7.11 Å². The van der Waals surface area contributed by atoms with E-state index in [0.717, 1.165) is 5.56 Å². The molecule has 0 saturated heterocycles. The Morgan fingerprint density at radius 1 is 1.14 bits per heavy atom. The molecule has 0 aromatic heterocycles. The number of hydrogen-bond acceptors (Lipinski definition) is 5. The topological polar surface area (TPSA) is 105 Å².